The van der Waals surface area contributed by atoms with Crippen molar-refractivity contribution in [2.75, 3.05) is 0 Å². The largest absolute Gasteiger partial charge is 0.493 e. The molecule has 0 atom stereocenters. The molecular formula is C20H16N2O2S. The average molecular weight is 348 g/mol. The van der Waals surface area contributed by atoms with Crippen molar-refractivity contribution in [1.82, 2.24) is 4.57 Å². The van der Waals surface area contributed by atoms with Crippen molar-refractivity contribution >= 4 is 34.9 Å². The highest BCUT2D eigenvalue weighted by atomic mass is 32.1. The molecule has 1 aliphatic rings. The highest BCUT2D eigenvalue weighted by Crippen LogP contribution is 2.37. The van der Waals surface area contributed by atoms with E-state index in [2.05, 4.69) is 18.0 Å². The van der Waals surface area contributed by atoms with E-state index in [9.17, 15) is 9.90 Å². The molecule has 25 heavy (non-hydrogen) atoms. The normalized spacial score (nSPS) is 14.2. The number of para-hydroxylation sites is 2. The zero-order chi connectivity index (χ0) is 17.4. The van der Waals surface area contributed by atoms with Crippen LogP contribution in [0.2, 0.25) is 0 Å². The first-order valence-corrected chi connectivity index (χ1v) is 8.89. The van der Waals surface area contributed by atoms with Crippen LogP contribution in [0.15, 0.2) is 58.3 Å². The standard InChI is InChI=1S/C20H16N2O2S/c1-2-13-7-6-10-16-14(12-21-18(13)16)11-17-19(23)22(20(24)25-17)15-8-4-3-5-9-15/h3-12,23H,2H2,1H3. The second-order valence-corrected chi connectivity index (χ2v) is 6.74. The summed E-state index contributed by atoms with van der Waals surface area (Å²) in [7, 11) is 0. The maximum Gasteiger partial charge on any atom is 0.315 e. The van der Waals surface area contributed by atoms with E-state index in [1.165, 1.54) is 10.1 Å². The van der Waals surface area contributed by atoms with Crippen LogP contribution in [-0.2, 0) is 6.42 Å². The van der Waals surface area contributed by atoms with E-state index >= 15 is 0 Å². The van der Waals surface area contributed by atoms with Crippen LogP contribution in [0.5, 0.6) is 5.88 Å². The fourth-order valence-electron chi connectivity index (χ4n) is 3.00. The Balaban J connectivity index is 1.81. The van der Waals surface area contributed by atoms with Gasteiger partial charge in [0, 0.05) is 17.4 Å². The van der Waals surface area contributed by atoms with Gasteiger partial charge in [-0.15, -0.1) is 0 Å². The lowest BCUT2D eigenvalue weighted by Gasteiger charge is -2.04. The number of aliphatic imine (C=N–C) groups is 1. The Morgan fingerprint density at radius 3 is 2.72 bits per heavy atom. The monoisotopic (exact) mass is 348 g/mol. The van der Waals surface area contributed by atoms with Gasteiger partial charge in [-0.05, 0) is 30.2 Å². The molecule has 0 saturated carbocycles. The highest BCUT2D eigenvalue weighted by molar-refractivity contribution is 7.10. The number of nitrogens with zero attached hydrogens (tertiary/aromatic N) is 2. The van der Waals surface area contributed by atoms with E-state index < -0.39 is 0 Å². The minimum absolute atomic E-state index is 0.0396. The maximum atomic E-state index is 12.3. The van der Waals surface area contributed by atoms with Gasteiger partial charge in [-0.1, -0.05) is 54.7 Å². The van der Waals surface area contributed by atoms with Crippen LogP contribution in [0.25, 0.3) is 17.3 Å². The van der Waals surface area contributed by atoms with Crippen LogP contribution in [-0.4, -0.2) is 15.9 Å². The van der Waals surface area contributed by atoms with Crippen molar-refractivity contribution in [2.45, 2.75) is 13.3 Å². The summed E-state index contributed by atoms with van der Waals surface area (Å²) < 4.78 is 1.33. The van der Waals surface area contributed by atoms with E-state index in [1.54, 1.807) is 18.3 Å². The van der Waals surface area contributed by atoms with Gasteiger partial charge in [0.05, 0.1) is 16.3 Å². The van der Waals surface area contributed by atoms with E-state index in [1.807, 2.05) is 36.4 Å². The molecule has 0 saturated heterocycles. The minimum atomic E-state index is -0.215. The van der Waals surface area contributed by atoms with Crippen LogP contribution >= 0.6 is 11.3 Å². The number of fused-ring (bicyclic) bond motifs is 1. The summed E-state index contributed by atoms with van der Waals surface area (Å²) in [6.07, 6.45) is 4.53. The predicted octanol–water partition coefficient (Wildman–Crippen LogP) is 4.42. The Kier molecular flexibility index (Phi) is 3.86. The number of aromatic nitrogens is 1. The van der Waals surface area contributed by atoms with Gasteiger partial charge in [0.25, 0.3) is 0 Å². The highest BCUT2D eigenvalue weighted by Gasteiger charge is 2.18. The molecular weight excluding hydrogens is 332 g/mol. The zero-order valence-electron chi connectivity index (χ0n) is 13.6. The molecule has 0 aliphatic carbocycles. The first kappa shape index (κ1) is 15.6. The SMILES string of the molecule is CCc1cccc2c1N=CC2=Cc1sc(=O)n(-c2ccccc2)c1O. The summed E-state index contributed by atoms with van der Waals surface area (Å²) in [5.41, 5.74) is 4.76. The molecule has 3 aromatic rings. The second kappa shape index (κ2) is 6.18. The number of rotatable bonds is 3. The van der Waals surface area contributed by atoms with Crippen molar-refractivity contribution in [3.63, 3.8) is 0 Å². The molecule has 0 fully saturated rings. The van der Waals surface area contributed by atoms with Crippen molar-refractivity contribution in [3.05, 3.63) is 74.2 Å². The summed E-state index contributed by atoms with van der Waals surface area (Å²) in [6.45, 7) is 2.10. The molecule has 2 heterocycles. The third-order valence-electron chi connectivity index (χ3n) is 4.26. The molecule has 0 bridgehead atoms. The second-order valence-electron chi connectivity index (χ2n) is 5.75. The summed E-state index contributed by atoms with van der Waals surface area (Å²) in [6, 6.07) is 15.2. The van der Waals surface area contributed by atoms with Crippen LogP contribution in [0, 0.1) is 0 Å². The number of allylic oxidation sites excluding steroid dienone is 1. The van der Waals surface area contributed by atoms with E-state index in [-0.39, 0.29) is 10.8 Å². The number of thiazole rings is 1. The molecule has 0 amide bonds. The topological polar surface area (TPSA) is 54.6 Å². The fraction of sp³-hybridized carbons (Fsp3) is 0.100. The van der Waals surface area contributed by atoms with Crippen LogP contribution in [0.4, 0.5) is 5.69 Å². The van der Waals surface area contributed by atoms with E-state index in [4.69, 9.17) is 0 Å². The molecule has 0 radical (unpaired) electrons. The maximum absolute atomic E-state index is 12.3. The van der Waals surface area contributed by atoms with E-state index in [0.29, 0.717) is 10.6 Å². The van der Waals surface area contributed by atoms with Gasteiger partial charge < -0.3 is 5.11 Å². The molecule has 0 spiro atoms. The van der Waals surface area contributed by atoms with Crippen molar-refractivity contribution in [3.8, 4) is 11.6 Å². The Morgan fingerprint density at radius 2 is 1.96 bits per heavy atom. The molecule has 1 N–H and O–H groups in total. The first-order valence-electron chi connectivity index (χ1n) is 8.07. The minimum Gasteiger partial charge on any atom is -0.493 e. The third-order valence-corrected chi connectivity index (χ3v) is 5.13. The van der Waals surface area contributed by atoms with Gasteiger partial charge >= 0.3 is 4.87 Å². The Morgan fingerprint density at radius 1 is 1.16 bits per heavy atom. The molecule has 4 rings (SSSR count). The van der Waals surface area contributed by atoms with Crippen molar-refractivity contribution < 1.29 is 5.11 Å². The summed E-state index contributed by atoms with van der Waals surface area (Å²) in [4.78, 5) is 17.2. The molecule has 1 aromatic heterocycles. The van der Waals surface area contributed by atoms with Gasteiger partial charge in [-0.3, -0.25) is 9.79 Å². The quantitative estimate of drug-likeness (QED) is 0.761. The molecule has 0 unspecified atom stereocenters. The smallest absolute Gasteiger partial charge is 0.315 e. The molecule has 4 nitrogen and oxygen atoms in total. The number of hydrogen-bond donors (Lipinski definition) is 1. The Bertz CT molecular complexity index is 1060. The lowest BCUT2D eigenvalue weighted by Crippen LogP contribution is -2.09. The van der Waals surface area contributed by atoms with Crippen molar-refractivity contribution in [1.29, 1.82) is 0 Å². The fourth-order valence-corrected chi connectivity index (χ4v) is 3.84. The summed E-state index contributed by atoms with van der Waals surface area (Å²) in [5, 5.41) is 10.6. The van der Waals surface area contributed by atoms with Gasteiger partial charge in [0.15, 0.2) is 0 Å². The van der Waals surface area contributed by atoms with Crippen LogP contribution in [0.1, 0.15) is 22.9 Å². The lowest BCUT2D eigenvalue weighted by atomic mass is 10.0. The van der Waals surface area contributed by atoms with Crippen LogP contribution in [0.3, 0.4) is 0 Å². The van der Waals surface area contributed by atoms with Gasteiger partial charge in [0.1, 0.15) is 0 Å². The van der Waals surface area contributed by atoms with Crippen LogP contribution < -0.4 is 4.87 Å². The zero-order valence-corrected chi connectivity index (χ0v) is 14.5. The number of aryl methyl sites for hydroxylation is 1. The first-order chi connectivity index (χ1) is 12.2. The predicted molar refractivity (Wildman–Crippen MR) is 103 cm³/mol. The third kappa shape index (κ3) is 2.62. The van der Waals surface area contributed by atoms with Crippen molar-refractivity contribution in [2.24, 2.45) is 4.99 Å². The molecule has 5 heteroatoms. The van der Waals surface area contributed by atoms with Gasteiger partial charge in [-0.25, -0.2) is 4.57 Å². The molecule has 1 aliphatic heterocycles. The average Bonchev–Trinajstić information content (AvgIpc) is 3.17. The van der Waals surface area contributed by atoms with Gasteiger partial charge in [-0.2, -0.15) is 0 Å². The lowest BCUT2D eigenvalue weighted by molar-refractivity contribution is 0.440. The Labute approximate surface area is 149 Å². The Hall–Kier alpha value is -2.92. The summed E-state index contributed by atoms with van der Waals surface area (Å²) in [5.74, 6) is -0.0396. The van der Waals surface area contributed by atoms with Gasteiger partial charge in [0.2, 0.25) is 5.88 Å². The number of benzene rings is 2. The number of aromatic hydroxyl groups is 1. The number of hydrogen-bond acceptors (Lipinski definition) is 4. The molecule has 2 aromatic carbocycles. The van der Waals surface area contributed by atoms with E-state index in [0.717, 1.165) is 34.6 Å². The molecule has 124 valence electrons. The summed E-state index contributed by atoms with van der Waals surface area (Å²) >= 11 is 1.03.